The van der Waals surface area contributed by atoms with E-state index < -0.39 is 0 Å². The Kier molecular flexibility index (Phi) is 3.93. The van der Waals surface area contributed by atoms with Gasteiger partial charge >= 0.3 is 0 Å². The molecule has 17 heavy (non-hydrogen) atoms. The Hall–Kier alpha value is -1.62. The smallest absolute Gasteiger partial charge is 0.216 e. The average molecular weight is 235 g/mol. The molecule has 0 saturated carbocycles. The number of aromatic nitrogens is 2. The van der Waals surface area contributed by atoms with Crippen LogP contribution in [0.3, 0.4) is 0 Å². The van der Waals surface area contributed by atoms with Crippen molar-refractivity contribution in [3.8, 4) is 5.88 Å². The summed E-state index contributed by atoms with van der Waals surface area (Å²) >= 11 is 0. The minimum absolute atomic E-state index is 0.0622. The highest BCUT2D eigenvalue weighted by Gasteiger charge is 2.19. The Labute approximate surface area is 101 Å². The Balaban J connectivity index is 2.24. The molecule has 0 aliphatic carbocycles. The third-order valence-electron chi connectivity index (χ3n) is 2.79. The monoisotopic (exact) mass is 235 g/mol. The van der Waals surface area contributed by atoms with Gasteiger partial charge in [-0.25, -0.2) is 9.97 Å². The van der Waals surface area contributed by atoms with Gasteiger partial charge in [-0.2, -0.15) is 0 Å². The normalized spacial score (nSPS) is 16.9. The van der Waals surface area contributed by atoms with E-state index in [2.05, 4.69) is 15.3 Å². The second-order valence-corrected chi connectivity index (χ2v) is 3.87. The maximum absolute atomic E-state index is 5.37. The van der Waals surface area contributed by atoms with Gasteiger partial charge in [0.05, 0.1) is 31.7 Å². The lowest BCUT2D eigenvalue weighted by Crippen LogP contribution is -2.22. The molecule has 1 aliphatic heterocycles. The number of ether oxygens (including phenoxy) is 2. The van der Waals surface area contributed by atoms with Gasteiger partial charge < -0.3 is 14.8 Å². The molecular weight excluding hydrogens is 218 g/mol. The Morgan fingerprint density at radius 1 is 1.47 bits per heavy atom. The number of nitrogens with zero attached hydrogens (tertiary/aromatic N) is 2. The molecule has 92 valence electrons. The van der Waals surface area contributed by atoms with Crippen molar-refractivity contribution in [1.29, 1.82) is 0 Å². The summed E-state index contributed by atoms with van der Waals surface area (Å²) in [6, 6.07) is 1.91. The molecule has 0 fully saturated rings. The fourth-order valence-corrected chi connectivity index (χ4v) is 1.94. The number of hydrogen-bond donors (Lipinski definition) is 1. The number of rotatable bonds is 4. The summed E-state index contributed by atoms with van der Waals surface area (Å²) in [6.07, 6.45) is 5.42. The minimum atomic E-state index is 0.0622. The van der Waals surface area contributed by atoms with E-state index in [-0.39, 0.29) is 6.04 Å². The predicted octanol–water partition coefficient (Wildman–Crippen LogP) is 1.44. The van der Waals surface area contributed by atoms with Crippen molar-refractivity contribution in [3.05, 3.63) is 29.9 Å². The molecule has 2 rings (SSSR count). The van der Waals surface area contributed by atoms with Gasteiger partial charge in [-0.1, -0.05) is 0 Å². The van der Waals surface area contributed by atoms with Crippen LogP contribution in [0.1, 0.15) is 24.6 Å². The molecule has 0 bridgehead atoms. The molecule has 0 amide bonds. The van der Waals surface area contributed by atoms with Gasteiger partial charge in [0.2, 0.25) is 5.88 Å². The summed E-state index contributed by atoms with van der Waals surface area (Å²) in [5.74, 6) is 0.576. The molecule has 1 aromatic rings. The van der Waals surface area contributed by atoms with E-state index in [0.717, 1.165) is 25.1 Å². The van der Waals surface area contributed by atoms with E-state index in [9.17, 15) is 0 Å². The van der Waals surface area contributed by atoms with Crippen molar-refractivity contribution >= 4 is 0 Å². The summed E-state index contributed by atoms with van der Waals surface area (Å²) in [6.45, 7) is 0.799. The number of methoxy groups -OCH3 is 1. The highest BCUT2D eigenvalue weighted by Crippen LogP contribution is 2.27. The van der Waals surface area contributed by atoms with E-state index in [1.165, 1.54) is 11.9 Å². The molecule has 0 radical (unpaired) electrons. The van der Waals surface area contributed by atoms with Gasteiger partial charge in [-0.3, -0.25) is 0 Å². The molecule has 1 aromatic heterocycles. The molecule has 5 nitrogen and oxygen atoms in total. The van der Waals surface area contributed by atoms with E-state index in [1.54, 1.807) is 7.11 Å². The minimum Gasteiger partial charge on any atom is -0.501 e. The summed E-state index contributed by atoms with van der Waals surface area (Å²) in [7, 11) is 3.51. The van der Waals surface area contributed by atoms with E-state index in [4.69, 9.17) is 9.47 Å². The van der Waals surface area contributed by atoms with Crippen molar-refractivity contribution in [1.82, 2.24) is 15.3 Å². The number of hydrogen-bond acceptors (Lipinski definition) is 5. The van der Waals surface area contributed by atoms with E-state index >= 15 is 0 Å². The van der Waals surface area contributed by atoms with Gasteiger partial charge in [0.25, 0.3) is 0 Å². The Bertz CT molecular complexity index is 406. The van der Waals surface area contributed by atoms with Crippen molar-refractivity contribution in [2.45, 2.75) is 18.9 Å². The first kappa shape index (κ1) is 11.9. The lowest BCUT2D eigenvalue weighted by Gasteiger charge is -2.22. The highest BCUT2D eigenvalue weighted by molar-refractivity contribution is 5.25. The quantitative estimate of drug-likeness (QED) is 0.855. The lowest BCUT2D eigenvalue weighted by atomic mass is 9.99. The molecule has 1 unspecified atom stereocenters. The second-order valence-electron chi connectivity index (χ2n) is 3.87. The van der Waals surface area contributed by atoms with Crippen LogP contribution in [0, 0.1) is 0 Å². The predicted molar refractivity (Wildman–Crippen MR) is 63.7 cm³/mol. The SMILES string of the molecule is CNC(C1=COCCC1)c1cc(OC)ncn1. The molecular formula is C12H17N3O2. The van der Waals surface area contributed by atoms with Crippen LogP contribution in [0.15, 0.2) is 24.2 Å². The van der Waals surface area contributed by atoms with Crippen molar-refractivity contribution in [2.75, 3.05) is 20.8 Å². The van der Waals surface area contributed by atoms with Gasteiger partial charge in [-0.05, 0) is 25.5 Å². The Morgan fingerprint density at radius 2 is 2.35 bits per heavy atom. The first-order chi connectivity index (χ1) is 8.35. The standard InChI is InChI=1S/C12H17N3O2/c1-13-12(9-4-3-5-17-7-9)10-6-11(16-2)15-8-14-10/h6-8,12-13H,3-5H2,1-2H3. The van der Waals surface area contributed by atoms with Crippen molar-refractivity contribution in [2.24, 2.45) is 0 Å². The van der Waals surface area contributed by atoms with Gasteiger partial charge in [0.15, 0.2) is 0 Å². The molecule has 5 heteroatoms. The largest absolute Gasteiger partial charge is 0.501 e. The molecule has 0 saturated heterocycles. The number of nitrogens with one attached hydrogen (secondary N) is 1. The van der Waals surface area contributed by atoms with Crippen LogP contribution in [0.25, 0.3) is 0 Å². The molecule has 0 spiro atoms. The number of likely N-dealkylation sites (N-methyl/N-ethyl adjacent to an activating group) is 1. The summed E-state index contributed by atoms with van der Waals surface area (Å²) in [5, 5.41) is 3.25. The lowest BCUT2D eigenvalue weighted by molar-refractivity contribution is 0.219. The zero-order chi connectivity index (χ0) is 12.1. The second kappa shape index (κ2) is 5.63. The summed E-state index contributed by atoms with van der Waals surface area (Å²) in [4.78, 5) is 8.29. The van der Waals surface area contributed by atoms with Crippen LogP contribution in [-0.4, -0.2) is 30.7 Å². The Morgan fingerprint density at radius 3 is 3.00 bits per heavy atom. The molecule has 0 aromatic carbocycles. The first-order valence-corrected chi connectivity index (χ1v) is 5.69. The zero-order valence-corrected chi connectivity index (χ0v) is 10.1. The average Bonchev–Trinajstić information content (AvgIpc) is 2.41. The van der Waals surface area contributed by atoms with Crippen molar-refractivity contribution < 1.29 is 9.47 Å². The zero-order valence-electron chi connectivity index (χ0n) is 10.1. The van der Waals surface area contributed by atoms with Gasteiger partial charge in [0, 0.05) is 6.07 Å². The fourth-order valence-electron chi connectivity index (χ4n) is 1.94. The van der Waals surface area contributed by atoms with Crippen molar-refractivity contribution in [3.63, 3.8) is 0 Å². The third-order valence-corrected chi connectivity index (χ3v) is 2.79. The van der Waals surface area contributed by atoms with Gasteiger partial charge in [0.1, 0.15) is 6.33 Å². The van der Waals surface area contributed by atoms with E-state index in [0.29, 0.717) is 5.88 Å². The van der Waals surface area contributed by atoms with Crippen LogP contribution in [0.2, 0.25) is 0 Å². The maximum Gasteiger partial charge on any atom is 0.216 e. The molecule has 2 heterocycles. The van der Waals surface area contributed by atoms with Crippen LogP contribution in [0.5, 0.6) is 5.88 Å². The first-order valence-electron chi connectivity index (χ1n) is 5.69. The molecule has 1 aliphatic rings. The van der Waals surface area contributed by atoms with Crippen LogP contribution in [-0.2, 0) is 4.74 Å². The topological polar surface area (TPSA) is 56.3 Å². The third kappa shape index (κ3) is 2.74. The highest BCUT2D eigenvalue weighted by atomic mass is 16.5. The van der Waals surface area contributed by atoms with E-state index in [1.807, 2.05) is 19.4 Å². The van der Waals surface area contributed by atoms with Crippen LogP contribution >= 0.6 is 0 Å². The molecule has 1 atom stereocenters. The fraction of sp³-hybridized carbons (Fsp3) is 0.500. The summed E-state index contributed by atoms with van der Waals surface area (Å²) in [5.41, 5.74) is 2.11. The summed E-state index contributed by atoms with van der Waals surface area (Å²) < 4.78 is 10.5. The van der Waals surface area contributed by atoms with Gasteiger partial charge in [-0.15, -0.1) is 0 Å². The molecule has 1 N–H and O–H groups in total. The maximum atomic E-state index is 5.37. The van der Waals surface area contributed by atoms with Crippen LogP contribution < -0.4 is 10.1 Å². The van der Waals surface area contributed by atoms with Crippen LogP contribution in [0.4, 0.5) is 0 Å².